The number of rotatable bonds is 3. The van der Waals surface area contributed by atoms with Crippen LogP contribution in [0.25, 0.3) is 0 Å². The molecule has 1 aromatic rings. The summed E-state index contributed by atoms with van der Waals surface area (Å²) < 4.78 is 20.1. The van der Waals surface area contributed by atoms with Gasteiger partial charge in [-0.15, -0.1) is 0 Å². The highest BCUT2D eigenvalue weighted by Crippen LogP contribution is 2.36. The van der Waals surface area contributed by atoms with Gasteiger partial charge in [-0.1, -0.05) is 0 Å². The minimum absolute atomic E-state index is 0.0426. The molecular weight excluding hydrogens is 264 g/mol. The van der Waals surface area contributed by atoms with Crippen molar-refractivity contribution in [1.82, 2.24) is 0 Å². The van der Waals surface area contributed by atoms with Crippen molar-refractivity contribution in [3.05, 3.63) is 53.5 Å². The molecule has 0 saturated carbocycles. The molecule has 0 saturated heterocycles. The van der Waals surface area contributed by atoms with Gasteiger partial charge >= 0.3 is 5.97 Å². The Kier molecular flexibility index (Phi) is 2.87. The molecule has 0 radical (unpaired) electrons. The molecule has 20 heavy (non-hydrogen) atoms. The molecular formula is C14H12O6. The lowest BCUT2D eigenvalue weighted by Crippen LogP contribution is -2.24. The molecule has 2 aliphatic rings. The van der Waals surface area contributed by atoms with Crippen LogP contribution < -0.4 is 4.74 Å². The minimum Gasteiger partial charge on any atom is -0.497 e. The fourth-order valence-corrected chi connectivity index (χ4v) is 2.01. The Morgan fingerprint density at radius 1 is 1.30 bits per heavy atom. The summed E-state index contributed by atoms with van der Waals surface area (Å²) in [5.41, 5.74) is 0.557. The number of aliphatic hydroxyl groups is 1. The van der Waals surface area contributed by atoms with Gasteiger partial charge in [0.05, 0.1) is 7.11 Å². The predicted molar refractivity (Wildman–Crippen MR) is 66.2 cm³/mol. The van der Waals surface area contributed by atoms with Crippen LogP contribution in [-0.4, -0.2) is 25.0 Å². The Hall–Kier alpha value is -2.47. The van der Waals surface area contributed by atoms with Crippen LogP contribution in [-0.2, 0) is 24.8 Å². The van der Waals surface area contributed by atoms with Gasteiger partial charge in [-0.05, 0) is 24.3 Å². The second-order valence-electron chi connectivity index (χ2n) is 4.28. The van der Waals surface area contributed by atoms with Crippen molar-refractivity contribution < 1.29 is 28.8 Å². The van der Waals surface area contributed by atoms with Crippen LogP contribution in [0.3, 0.4) is 0 Å². The Morgan fingerprint density at radius 2 is 2.05 bits per heavy atom. The van der Waals surface area contributed by atoms with E-state index in [0.717, 1.165) is 0 Å². The quantitative estimate of drug-likeness (QED) is 0.835. The van der Waals surface area contributed by atoms with Gasteiger partial charge in [0.15, 0.2) is 5.76 Å². The first-order chi connectivity index (χ1) is 9.62. The summed E-state index contributed by atoms with van der Waals surface area (Å²) in [6.45, 7) is 0.0426. The number of carbonyl (C=O) groups is 1. The molecule has 6 nitrogen and oxygen atoms in total. The molecule has 0 amide bonds. The van der Waals surface area contributed by atoms with Crippen molar-refractivity contribution in [2.75, 3.05) is 13.9 Å². The smallest absolute Gasteiger partial charge is 0.345 e. The topological polar surface area (TPSA) is 74.2 Å². The summed E-state index contributed by atoms with van der Waals surface area (Å²) in [7, 11) is 1.54. The first kappa shape index (κ1) is 12.6. The molecule has 1 N–H and O–H groups in total. The van der Waals surface area contributed by atoms with Crippen molar-refractivity contribution in [3.63, 3.8) is 0 Å². The second kappa shape index (κ2) is 4.57. The standard InChI is InChI=1S/C14H12O6/c1-17-10-4-2-9(3-5-10)14(16)6-11(13(15)20-14)12-7-18-8-19-12/h2-7,16H,8H2,1H3. The van der Waals surface area contributed by atoms with E-state index < -0.39 is 11.8 Å². The van der Waals surface area contributed by atoms with Crippen LogP contribution in [0.5, 0.6) is 5.75 Å². The first-order valence-corrected chi connectivity index (χ1v) is 5.90. The van der Waals surface area contributed by atoms with E-state index >= 15 is 0 Å². The minimum atomic E-state index is -1.81. The molecule has 1 unspecified atom stereocenters. The maximum absolute atomic E-state index is 11.8. The van der Waals surface area contributed by atoms with Crippen LogP contribution in [0.1, 0.15) is 5.56 Å². The average Bonchev–Trinajstić information content (AvgIpc) is 3.07. The monoisotopic (exact) mass is 276 g/mol. The largest absolute Gasteiger partial charge is 0.497 e. The zero-order valence-electron chi connectivity index (χ0n) is 10.7. The van der Waals surface area contributed by atoms with Crippen molar-refractivity contribution in [1.29, 1.82) is 0 Å². The molecule has 1 aromatic carbocycles. The van der Waals surface area contributed by atoms with E-state index in [1.807, 2.05) is 0 Å². The summed E-state index contributed by atoms with van der Waals surface area (Å²) in [5.74, 6) is -1.59. The fourth-order valence-electron chi connectivity index (χ4n) is 2.01. The third-order valence-electron chi connectivity index (χ3n) is 3.05. The van der Waals surface area contributed by atoms with E-state index in [2.05, 4.69) is 0 Å². The number of cyclic esters (lactones) is 1. The molecule has 0 bridgehead atoms. The molecule has 0 fully saturated rings. The molecule has 0 aliphatic carbocycles. The average molecular weight is 276 g/mol. The maximum atomic E-state index is 11.8. The zero-order chi connectivity index (χ0) is 14.2. The van der Waals surface area contributed by atoms with E-state index in [9.17, 15) is 9.90 Å². The predicted octanol–water partition coefficient (Wildman–Crippen LogP) is 1.17. The lowest BCUT2D eigenvalue weighted by atomic mass is 10.0. The van der Waals surface area contributed by atoms with Crippen LogP contribution in [0, 0.1) is 0 Å². The van der Waals surface area contributed by atoms with Gasteiger partial charge in [0.1, 0.15) is 17.6 Å². The van der Waals surface area contributed by atoms with E-state index in [1.165, 1.54) is 12.3 Å². The van der Waals surface area contributed by atoms with Gasteiger partial charge in [-0.3, -0.25) is 0 Å². The van der Waals surface area contributed by atoms with Crippen molar-refractivity contribution in [2.24, 2.45) is 0 Å². The van der Waals surface area contributed by atoms with Crippen LogP contribution in [0.15, 0.2) is 47.9 Å². The highest BCUT2D eigenvalue weighted by molar-refractivity contribution is 5.95. The lowest BCUT2D eigenvalue weighted by Gasteiger charge is -2.19. The maximum Gasteiger partial charge on any atom is 0.345 e. The number of ether oxygens (including phenoxy) is 4. The van der Waals surface area contributed by atoms with Gasteiger partial charge in [0, 0.05) is 11.6 Å². The number of hydrogen-bond acceptors (Lipinski definition) is 6. The van der Waals surface area contributed by atoms with Crippen LogP contribution >= 0.6 is 0 Å². The Balaban J connectivity index is 1.93. The molecule has 1 atom stereocenters. The second-order valence-corrected chi connectivity index (χ2v) is 4.28. The number of esters is 1. The van der Waals surface area contributed by atoms with Gasteiger partial charge in [0.2, 0.25) is 6.79 Å². The normalized spacial score (nSPS) is 24.4. The summed E-state index contributed by atoms with van der Waals surface area (Å²) in [6.07, 6.45) is 2.62. The van der Waals surface area contributed by atoms with E-state index in [0.29, 0.717) is 11.3 Å². The number of benzene rings is 1. The molecule has 0 spiro atoms. The summed E-state index contributed by atoms with van der Waals surface area (Å²) in [4.78, 5) is 11.8. The number of methoxy groups -OCH3 is 1. The van der Waals surface area contributed by atoms with Crippen LogP contribution in [0.4, 0.5) is 0 Å². The van der Waals surface area contributed by atoms with E-state index in [-0.39, 0.29) is 18.1 Å². The Bertz CT molecular complexity index is 601. The Labute approximate surface area is 114 Å². The molecule has 0 aromatic heterocycles. The first-order valence-electron chi connectivity index (χ1n) is 5.90. The third kappa shape index (κ3) is 2.00. The van der Waals surface area contributed by atoms with Gasteiger partial charge < -0.3 is 24.1 Å². The summed E-state index contributed by atoms with van der Waals surface area (Å²) >= 11 is 0. The van der Waals surface area contributed by atoms with Crippen molar-refractivity contribution in [2.45, 2.75) is 5.79 Å². The van der Waals surface area contributed by atoms with Gasteiger partial charge in [-0.2, -0.15) is 0 Å². The highest BCUT2D eigenvalue weighted by atomic mass is 16.7. The number of hydrogen-bond donors (Lipinski definition) is 1. The van der Waals surface area contributed by atoms with Gasteiger partial charge in [0.25, 0.3) is 5.79 Å². The third-order valence-corrected chi connectivity index (χ3v) is 3.05. The fraction of sp³-hybridized carbons (Fsp3) is 0.214. The molecule has 6 heteroatoms. The molecule has 3 rings (SSSR count). The number of carbonyl (C=O) groups excluding carboxylic acids is 1. The van der Waals surface area contributed by atoms with E-state index in [4.69, 9.17) is 18.9 Å². The molecule has 2 heterocycles. The molecule has 104 valence electrons. The van der Waals surface area contributed by atoms with Crippen molar-refractivity contribution in [3.8, 4) is 5.75 Å². The summed E-state index contributed by atoms with van der Waals surface area (Å²) in [5, 5.41) is 10.4. The van der Waals surface area contributed by atoms with Crippen LogP contribution in [0.2, 0.25) is 0 Å². The van der Waals surface area contributed by atoms with Crippen molar-refractivity contribution >= 4 is 5.97 Å². The lowest BCUT2D eigenvalue weighted by molar-refractivity contribution is -0.182. The summed E-state index contributed by atoms with van der Waals surface area (Å²) in [6, 6.07) is 6.57. The highest BCUT2D eigenvalue weighted by Gasteiger charge is 2.42. The SMILES string of the molecule is COc1ccc(C2(O)C=C(C3=COCO3)C(=O)O2)cc1. The Morgan fingerprint density at radius 3 is 2.65 bits per heavy atom. The van der Waals surface area contributed by atoms with E-state index in [1.54, 1.807) is 31.4 Å². The molecule has 2 aliphatic heterocycles. The zero-order valence-corrected chi connectivity index (χ0v) is 10.7. The van der Waals surface area contributed by atoms with Gasteiger partial charge in [-0.25, -0.2) is 4.79 Å².